The van der Waals surface area contributed by atoms with Gasteiger partial charge in [0.25, 0.3) is 0 Å². The number of anilines is 2. The van der Waals surface area contributed by atoms with E-state index in [4.69, 9.17) is 18.0 Å². The van der Waals surface area contributed by atoms with E-state index in [-0.39, 0.29) is 11.9 Å². The van der Waals surface area contributed by atoms with Gasteiger partial charge in [-0.1, -0.05) is 18.3 Å². The van der Waals surface area contributed by atoms with Crippen molar-refractivity contribution in [2.45, 2.75) is 26.3 Å². The summed E-state index contributed by atoms with van der Waals surface area (Å²) in [5.74, 6) is -0.0849. The van der Waals surface area contributed by atoms with Crippen LogP contribution >= 0.6 is 12.2 Å². The van der Waals surface area contributed by atoms with E-state index in [1.165, 1.54) is 6.92 Å². The molecule has 4 N–H and O–H groups in total. The normalized spacial score (nSPS) is 11.6. The third-order valence-electron chi connectivity index (χ3n) is 2.10. The van der Waals surface area contributed by atoms with E-state index in [1.807, 2.05) is 31.2 Å². The first-order chi connectivity index (χ1) is 7.97. The van der Waals surface area contributed by atoms with Gasteiger partial charge in [-0.05, 0) is 25.1 Å². The molecule has 0 heterocycles. The summed E-state index contributed by atoms with van der Waals surface area (Å²) in [4.78, 5) is 11.4. The minimum absolute atomic E-state index is 0.0849. The average Bonchev–Trinajstić information content (AvgIpc) is 2.14. The Morgan fingerprint density at radius 3 is 2.71 bits per heavy atom. The van der Waals surface area contributed by atoms with Crippen molar-refractivity contribution >= 4 is 34.5 Å². The maximum Gasteiger partial charge on any atom is 0.221 e. The number of amides is 1. The molecule has 0 saturated carbocycles. The van der Waals surface area contributed by atoms with Gasteiger partial charge >= 0.3 is 0 Å². The Morgan fingerprint density at radius 1 is 1.47 bits per heavy atom. The molecule has 5 heteroatoms. The van der Waals surface area contributed by atoms with Crippen LogP contribution in [0.4, 0.5) is 11.4 Å². The van der Waals surface area contributed by atoms with Crippen molar-refractivity contribution in [2.24, 2.45) is 5.73 Å². The van der Waals surface area contributed by atoms with E-state index in [1.54, 1.807) is 0 Å². The molecule has 0 radical (unpaired) electrons. The van der Waals surface area contributed by atoms with Crippen LogP contribution in [-0.2, 0) is 4.79 Å². The summed E-state index contributed by atoms with van der Waals surface area (Å²) in [7, 11) is 0. The summed E-state index contributed by atoms with van der Waals surface area (Å²) in [5, 5.41) is 6.00. The van der Waals surface area contributed by atoms with Gasteiger partial charge in [-0.3, -0.25) is 4.79 Å². The molecule has 0 bridgehead atoms. The van der Waals surface area contributed by atoms with Crippen LogP contribution in [0.2, 0.25) is 0 Å². The maximum atomic E-state index is 10.9. The smallest absolute Gasteiger partial charge is 0.221 e. The molecule has 92 valence electrons. The van der Waals surface area contributed by atoms with E-state index in [0.717, 1.165) is 11.4 Å². The lowest BCUT2D eigenvalue weighted by atomic mass is 10.2. The fourth-order valence-electron chi connectivity index (χ4n) is 1.53. The Morgan fingerprint density at radius 2 is 2.12 bits per heavy atom. The molecule has 1 atom stereocenters. The quantitative estimate of drug-likeness (QED) is 0.701. The Balaban J connectivity index is 2.65. The molecule has 1 unspecified atom stereocenters. The second-order valence-corrected chi connectivity index (χ2v) is 4.50. The van der Waals surface area contributed by atoms with Crippen molar-refractivity contribution in [1.29, 1.82) is 0 Å². The van der Waals surface area contributed by atoms with Crippen molar-refractivity contribution in [2.75, 3.05) is 10.6 Å². The monoisotopic (exact) mass is 251 g/mol. The van der Waals surface area contributed by atoms with Gasteiger partial charge in [0, 0.05) is 30.8 Å². The SMILES string of the molecule is CC(=O)Nc1cccc(NC(C)CC(N)=S)c1. The minimum atomic E-state index is -0.0849. The fourth-order valence-corrected chi connectivity index (χ4v) is 1.78. The summed E-state index contributed by atoms with van der Waals surface area (Å²) >= 11 is 4.85. The molecule has 0 saturated heterocycles. The molecule has 0 aliphatic carbocycles. The van der Waals surface area contributed by atoms with Crippen molar-refractivity contribution in [3.05, 3.63) is 24.3 Å². The Kier molecular flexibility index (Phi) is 4.90. The number of carbonyl (C=O) groups excluding carboxylic acids is 1. The van der Waals surface area contributed by atoms with Crippen LogP contribution < -0.4 is 16.4 Å². The van der Waals surface area contributed by atoms with Crippen molar-refractivity contribution in [3.63, 3.8) is 0 Å². The molecule has 0 aliphatic heterocycles. The highest BCUT2D eigenvalue weighted by atomic mass is 32.1. The summed E-state index contributed by atoms with van der Waals surface area (Å²) in [6, 6.07) is 7.69. The van der Waals surface area contributed by atoms with Gasteiger partial charge in [0.2, 0.25) is 5.91 Å². The minimum Gasteiger partial charge on any atom is -0.393 e. The van der Waals surface area contributed by atoms with Gasteiger partial charge in [0.15, 0.2) is 0 Å². The largest absolute Gasteiger partial charge is 0.393 e. The number of thiocarbonyl (C=S) groups is 1. The van der Waals surface area contributed by atoms with Gasteiger partial charge in [-0.2, -0.15) is 0 Å². The molecule has 0 fully saturated rings. The number of nitrogens with two attached hydrogens (primary N) is 1. The van der Waals surface area contributed by atoms with Crippen LogP contribution in [0.25, 0.3) is 0 Å². The van der Waals surface area contributed by atoms with Crippen LogP contribution in [-0.4, -0.2) is 16.9 Å². The molecular weight excluding hydrogens is 234 g/mol. The standard InChI is InChI=1S/C12H17N3OS/c1-8(6-12(13)17)14-10-4-3-5-11(7-10)15-9(2)16/h3-5,7-8,14H,6H2,1-2H3,(H2,13,17)(H,15,16). The van der Waals surface area contributed by atoms with Gasteiger partial charge in [0.05, 0.1) is 4.99 Å². The second kappa shape index (κ2) is 6.20. The Labute approximate surface area is 107 Å². The van der Waals surface area contributed by atoms with E-state index >= 15 is 0 Å². The number of rotatable bonds is 5. The number of hydrogen-bond donors (Lipinski definition) is 3. The van der Waals surface area contributed by atoms with Crippen molar-refractivity contribution < 1.29 is 4.79 Å². The first kappa shape index (κ1) is 13.4. The fraction of sp³-hybridized carbons (Fsp3) is 0.333. The molecule has 4 nitrogen and oxygen atoms in total. The molecule has 1 aromatic carbocycles. The summed E-state index contributed by atoms with van der Waals surface area (Å²) in [6.07, 6.45) is 0.639. The average molecular weight is 251 g/mol. The summed E-state index contributed by atoms with van der Waals surface area (Å²) in [5.41, 5.74) is 7.18. The maximum absolute atomic E-state index is 10.9. The van der Waals surface area contributed by atoms with Crippen molar-refractivity contribution in [3.8, 4) is 0 Å². The molecule has 1 rings (SSSR count). The molecule has 1 aromatic rings. The lowest BCUT2D eigenvalue weighted by Gasteiger charge is -2.15. The van der Waals surface area contributed by atoms with Crippen molar-refractivity contribution in [1.82, 2.24) is 0 Å². The summed E-state index contributed by atoms with van der Waals surface area (Å²) < 4.78 is 0. The first-order valence-electron chi connectivity index (χ1n) is 5.40. The molecule has 1 amide bonds. The summed E-state index contributed by atoms with van der Waals surface area (Å²) in [6.45, 7) is 3.49. The van der Waals surface area contributed by atoms with E-state index in [2.05, 4.69) is 10.6 Å². The van der Waals surface area contributed by atoms with E-state index < -0.39 is 0 Å². The van der Waals surface area contributed by atoms with Gasteiger partial charge in [-0.15, -0.1) is 0 Å². The second-order valence-electron chi connectivity index (χ2n) is 3.98. The number of benzene rings is 1. The topological polar surface area (TPSA) is 67.2 Å². The molecule has 0 aliphatic rings. The number of hydrogen-bond acceptors (Lipinski definition) is 3. The number of nitrogens with one attached hydrogen (secondary N) is 2. The lowest BCUT2D eigenvalue weighted by molar-refractivity contribution is -0.114. The molecule has 0 spiro atoms. The predicted molar refractivity (Wildman–Crippen MR) is 75.2 cm³/mol. The third kappa shape index (κ3) is 5.31. The zero-order valence-electron chi connectivity index (χ0n) is 9.99. The van der Waals surface area contributed by atoms with Gasteiger partial charge < -0.3 is 16.4 Å². The molecule has 17 heavy (non-hydrogen) atoms. The Bertz CT molecular complexity index is 420. The highest BCUT2D eigenvalue weighted by molar-refractivity contribution is 7.80. The third-order valence-corrected chi connectivity index (χ3v) is 2.27. The molecular formula is C12H17N3OS. The van der Waals surface area contributed by atoms with E-state index in [9.17, 15) is 4.79 Å². The number of carbonyl (C=O) groups is 1. The molecule has 0 aromatic heterocycles. The van der Waals surface area contributed by atoms with E-state index in [0.29, 0.717) is 11.4 Å². The van der Waals surface area contributed by atoms with Crippen LogP contribution in [0.3, 0.4) is 0 Å². The van der Waals surface area contributed by atoms with Crippen LogP contribution in [0.5, 0.6) is 0 Å². The highest BCUT2D eigenvalue weighted by Gasteiger charge is 2.04. The van der Waals surface area contributed by atoms with Crippen LogP contribution in [0, 0.1) is 0 Å². The highest BCUT2D eigenvalue weighted by Crippen LogP contribution is 2.16. The first-order valence-corrected chi connectivity index (χ1v) is 5.80. The lowest BCUT2D eigenvalue weighted by Crippen LogP contribution is -2.22. The van der Waals surface area contributed by atoms with Crippen LogP contribution in [0.15, 0.2) is 24.3 Å². The van der Waals surface area contributed by atoms with Gasteiger partial charge in [-0.25, -0.2) is 0 Å². The van der Waals surface area contributed by atoms with Crippen LogP contribution in [0.1, 0.15) is 20.3 Å². The predicted octanol–water partition coefficient (Wildman–Crippen LogP) is 2.12. The Hall–Kier alpha value is -1.62. The van der Waals surface area contributed by atoms with Gasteiger partial charge in [0.1, 0.15) is 0 Å². The zero-order valence-corrected chi connectivity index (χ0v) is 10.8. The zero-order chi connectivity index (χ0) is 12.8.